The van der Waals surface area contributed by atoms with Gasteiger partial charge in [0.05, 0.1) is 24.9 Å². The lowest BCUT2D eigenvalue weighted by atomic mass is 10.1. The van der Waals surface area contributed by atoms with Gasteiger partial charge in [0.15, 0.2) is 0 Å². The maximum Gasteiger partial charge on any atom is 0.0748 e. The van der Waals surface area contributed by atoms with E-state index in [-0.39, 0.29) is 0 Å². The smallest absolute Gasteiger partial charge is 0.0748 e. The lowest BCUT2D eigenvalue weighted by Crippen LogP contribution is -2.31. The monoisotopic (exact) mass is 363 g/mol. The average molecular weight is 364 g/mol. The Morgan fingerprint density at radius 1 is 0.808 bits per heavy atom. The molecule has 1 rings (SSSR count). The van der Waals surface area contributed by atoms with Crippen LogP contribution in [0.1, 0.15) is 90.9 Å². The normalized spacial score (nSPS) is 12.3. The van der Waals surface area contributed by atoms with Crippen molar-refractivity contribution in [3.8, 4) is 0 Å². The van der Waals surface area contributed by atoms with Crippen molar-refractivity contribution < 1.29 is 9.94 Å². The quantitative estimate of drug-likeness (QED) is 0.253. The molecule has 0 aromatic heterocycles. The third kappa shape index (κ3) is 12.3. The fourth-order valence-corrected chi connectivity index (χ4v) is 3.18. The van der Waals surface area contributed by atoms with Gasteiger partial charge in [-0.1, -0.05) is 95.8 Å². The molecule has 0 aliphatic rings. The van der Waals surface area contributed by atoms with Crippen LogP contribution in [0.25, 0.3) is 0 Å². The predicted octanol–water partition coefficient (Wildman–Crippen LogP) is 6.51. The summed E-state index contributed by atoms with van der Waals surface area (Å²) in [4.78, 5) is 5.90. The SMILES string of the molecule is CCCCCCCCCCCCCCON(CC(C)O)c1ccccc1. The van der Waals surface area contributed by atoms with E-state index in [9.17, 15) is 5.11 Å². The first-order valence-corrected chi connectivity index (χ1v) is 10.9. The Morgan fingerprint density at radius 2 is 1.31 bits per heavy atom. The molecule has 0 spiro atoms. The van der Waals surface area contributed by atoms with Gasteiger partial charge in [-0.05, 0) is 25.5 Å². The van der Waals surface area contributed by atoms with Crippen LogP contribution in [-0.2, 0) is 4.84 Å². The molecule has 150 valence electrons. The van der Waals surface area contributed by atoms with E-state index in [1.807, 2.05) is 35.4 Å². The predicted molar refractivity (Wildman–Crippen MR) is 112 cm³/mol. The molecule has 1 atom stereocenters. The van der Waals surface area contributed by atoms with Gasteiger partial charge in [0.25, 0.3) is 0 Å². The van der Waals surface area contributed by atoms with Crippen molar-refractivity contribution in [2.75, 3.05) is 18.2 Å². The second-order valence-corrected chi connectivity index (χ2v) is 7.47. The minimum Gasteiger partial charge on any atom is -0.391 e. The zero-order valence-corrected chi connectivity index (χ0v) is 17.2. The Balaban J connectivity index is 1.99. The van der Waals surface area contributed by atoms with Crippen LogP contribution >= 0.6 is 0 Å². The van der Waals surface area contributed by atoms with Crippen molar-refractivity contribution in [2.45, 2.75) is 97.0 Å². The van der Waals surface area contributed by atoms with E-state index in [0.717, 1.165) is 18.7 Å². The van der Waals surface area contributed by atoms with Gasteiger partial charge in [0, 0.05) is 0 Å². The minimum absolute atomic E-state index is 0.405. The lowest BCUT2D eigenvalue weighted by Gasteiger charge is -2.25. The highest BCUT2D eigenvalue weighted by molar-refractivity contribution is 5.43. The number of rotatable bonds is 17. The fraction of sp³-hybridized carbons (Fsp3) is 0.739. The maximum absolute atomic E-state index is 9.67. The molecule has 3 heteroatoms. The number of hydroxylamine groups is 1. The van der Waals surface area contributed by atoms with Gasteiger partial charge in [-0.2, -0.15) is 0 Å². The largest absolute Gasteiger partial charge is 0.391 e. The number of nitrogens with zero attached hydrogens (tertiary/aromatic N) is 1. The molecular weight excluding hydrogens is 322 g/mol. The zero-order valence-electron chi connectivity index (χ0n) is 17.2. The van der Waals surface area contributed by atoms with Crippen LogP contribution in [0, 0.1) is 0 Å². The number of para-hydroxylation sites is 1. The molecule has 1 N–H and O–H groups in total. The first-order valence-electron chi connectivity index (χ1n) is 10.9. The van der Waals surface area contributed by atoms with Crippen molar-refractivity contribution in [1.82, 2.24) is 0 Å². The molecule has 0 fully saturated rings. The van der Waals surface area contributed by atoms with Crippen molar-refractivity contribution in [3.05, 3.63) is 30.3 Å². The second kappa shape index (κ2) is 16.1. The summed E-state index contributed by atoms with van der Waals surface area (Å²) in [6.07, 6.45) is 15.8. The molecular formula is C23H41NO2. The molecule has 0 amide bonds. The molecule has 0 aliphatic heterocycles. The highest BCUT2D eigenvalue weighted by atomic mass is 16.7. The Labute approximate surface area is 161 Å². The summed E-state index contributed by atoms with van der Waals surface area (Å²) >= 11 is 0. The molecule has 0 heterocycles. The highest BCUT2D eigenvalue weighted by Crippen LogP contribution is 2.15. The molecule has 0 saturated heterocycles. The first kappa shape index (κ1) is 23.0. The molecule has 0 saturated carbocycles. The van der Waals surface area contributed by atoms with Gasteiger partial charge in [0.1, 0.15) is 0 Å². The Kier molecular flexibility index (Phi) is 14.3. The maximum atomic E-state index is 9.67. The van der Waals surface area contributed by atoms with E-state index in [4.69, 9.17) is 4.84 Å². The number of benzene rings is 1. The van der Waals surface area contributed by atoms with Crippen molar-refractivity contribution in [3.63, 3.8) is 0 Å². The van der Waals surface area contributed by atoms with Gasteiger partial charge in [0.2, 0.25) is 0 Å². The molecule has 0 aliphatic carbocycles. The average Bonchev–Trinajstić information content (AvgIpc) is 2.65. The first-order chi connectivity index (χ1) is 12.7. The van der Waals surface area contributed by atoms with Gasteiger partial charge in [-0.25, -0.2) is 0 Å². The summed E-state index contributed by atoms with van der Waals surface area (Å²) in [7, 11) is 0. The number of aliphatic hydroxyl groups is 1. The Hall–Kier alpha value is -1.06. The summed E-state index contributed by atoms with van der Waals surface area (Å²) in [6.45, 7) is 5.29. The second-order valence-electron chi connectivity index (χ2n) is 7.47. The van der Waals surface area contributed by atoms with Crippen LogP contribution in [-0.4, -0.2) is 24.4 Å². The van der Waals surface area contributed by atoms with Crippen LogP contribution in [0.2, 0.25) is 0 Å². The van der Waals surface area contributed by atoms with Crippen molar-refractivity contribution in [2.24, 2.45) is 0 Å². The standard InChI is InChI=1S/C23H41NO2/c1-3-4-5-6-7-8-9-10-11-12-13-17-20-26-24(21-22(2)25)23-18-15-14-16-19-23/h14-16,18-19,22,25H,3-13,17,20-21H2,1-2H3. The molecule has 0 radical (unpaired) electrons. The molecule has 3 nitrogen and oxygen atoms in total. The van der Waals surface area contributed by atoms with Crippen molar-refractivity contribution >= 4 is 5.69 Å². The number of anilines is 1. The lowest BCUT2D eigenvalue weighted by molar-refractivity contribution is 0.0754. The number of aliphatic hydroxyl groups excluding tert-OH is 1. The van der Waals surface area contributed by atoms with E-state index in [2.05, 4.69) is 6.92 Å². The van der Waals surface area contributed by atoms with E-state index in [0.29, 0.717) is 6.54 Å². The zero-order chi connectivity index (χ0) is 18.9. The summed E-state index contributed by atoms with van der Waals surface area (Å²) < 4.78 is 0. The van der Waals surface area contributed by atoms with Crippen LogP contribution in [0.5, 0.6) is 0 Å². The van der Waals surface area contributed by atoms with Crippen LogP contribution in [0.15, 0.2) is 30.3 Å². The number of unbranched alkanes of at least 4 members (excludes halogenated alkanes) is 11. The summed E-state index contributed by atoms with van der Waals surface area (Å²) in [5.41, 5.74) is 1.01. The fourth-order valence-electron chi connectivity index (χ4n) is 3.18. The van der Waals surface area contributed by atoms with Crippen molar-refractivity contribution in [1.29, 1.82) is 0 Å². The third-order valence-corrected chi connectivity index (χ3v) is 4.72. The summed E-state index contributed by atoms with van der Waals surface area (Å²) in [5, 5.41) is 11.5. The highest BCUT2D eigenvalue weighted by Gasteiger charge is 2.09. The molecule has 0 bridgehead atoms. The Bertz CT molecular complexity index is 408. The van der Waals surface area contributed by atoms with E-state index in [1.54, 1.807) is 6.92 Å². The Morgan fingerprint density at radius 3 is 1.81 bits per heavy atom. The molecule has 26 heavy (non-hydrogen) atoms. The van der Waals surface area contributed by atoms with E-state index < -0.39 is 6.10 Å². The van der Waals surface area contributed by atoms with Crippen LogP contribution in [0.4, 0.5) is 5.69 Å². The topological polar surface area (TPSA) is 32.7 Å². The summed E-state index contributed by atoms with van der Waals surface area (Å²) in [6, 6.07) is 10.0. The van der Waals surface area contributed by atoms with Gasteiger partial charge < -0.3 is 5.11 Å². The van der Waals surface area contributed by atoms with Gasteiger partial charge in [-0.3, -0.25) is 9.90 Å². The summed E-state index contributed by atoms with van der Waals surface area (Å²) in [5.74, 6) is 0. The molecule has 1 aromatic rings. The minimum atomic E-state index is -0.405. The van der Waals surface area contributed by atoms with E-state index in [1.165, 1.54) is 70.6 Å². The molecule has 1 unspecified atom stereocenters. The van der Waals surface area contributed by atoms with Crippen LogP contribution < -0.4 is 5.06 Å². The van der Waals surface area contributed by atoms with Crippen LogP contribution in [0.3, 0.4) is 0 Å². The van der Waals surface area contributed by atoms with E-state index >= 15 is 0 Å². The third-order valence-electron chi connectivity index (χ3n) is 4.72. The number of hydrogen-bond donors (Lipinski definition) is 1. The molecule has 1 aromatic carbocycles. The number of hydrogen-bond acceptors (Lipinski definition) is 3. The van der Waals surface area contributed by atoms with Gasteiger partial charge in [-0.15, -0.1) is 0 Å². The van der Waals surface area contributed by atoms with Gasteiger partial charge >= 0.3 is 0 Å².